The first-order chi connectivity index (χ1) is 8.09. The Morgan fingerprint density at radius 2 is 2.12 bits per heavy atom. The molecule has 0 aromatic rings. The summed E-state index contributed by atoms with van der Waals surface area (Å²) in [6.07, 6.45) is 0.958. The molecule has 5 nitrogen and oxygen atoms in total. The van der Waals surface area contributed by atoms with E-state index < -0.39 is 0 Å². The summed E-state index contributed by atoms with van der Waals surface area (Å²) >= 11 is 0. The maximum absolute atomic E-state index is 11.9. The Labute approximate surface area is 102 Å². The standard InChI is InChI=1S/C12H21N3O2/c1-9(2)3-5-14-8-10-7-13-4-6-15(10)12(17)11(14)16/h9-10,13H,3-8H2,1-2H3. The lowest BCUT2D eigenvalue weighted by atomic mass is 10.1. The van der Waals surface area contributed by atoms with Crippen molar-refractivity contribution in [3.8, 4) is 0 Å². The van der Waals surface area contributed by atoms with Crippen molar-refractivity contribution < 1.29 is 9.59 Å². The van der Waals surface area contributed by atoms with E-state index in [0.717, 1.165) is 19.5 Å². The molecule has 0 saturated carbocycles. The monoisotopic (exact) mass is 239 g/mol. The van der Waals surface area contributed by atoms with Gasteiger partial charge in [-0.15, -0.1) is 0 Å². The van der Waals surface area contributed by atoms with Crippen molar-refractivity contribution in [3.63, 3.8) is 0 Å². The van der Waals surface area contributed by atoms with Gasteiger partial charge < -0.3 is 15.1 Å². The predicted molar refractivity (Wildman–Crippen MR) is 64.4 cm³/mol. The second kappa shape index (κ2) is 5.04. The molecule has 0 aliphatic carbocycles. The highest BCUT2D eigenvalue weighted by molar-refractivity contribution is 6.35. The molecule has 2 rings (SSSR count). The van der Waals surface area contributed by atoms with E-state index in [1.54, 1.807) is 9.80 Å². The van der Waals surface area contributed by atoms with Crippen LogP contribution in [0.5, 0.6) is 0 Å². The van der Waals surface area contributed by atoms with Crippen LogP contribution in [0.15, 0.2) is 0 Å². The lowest BCUT2D eigenvalue weighted by Gasteiger charge is -2.43. The van der Waals surface area contributed by atoms with Crippen molar-refractivity contribution in [2.45, 2.75) is 26.3 Å². The molecule has 2 aliphatic rings. The van der Waals surface area contributed by atoms with Crippen molar-refractivity contribution in [2.24, 2.45) is 5.92 Å². The Bertz CT molecular complexity index is 317. The summed E-state index contributed by atoms with van der Waals surface area (Å²) in [5.74, 6) is -0.0734. The Balaban J connectivity index is 2.00. The molecule has 0 bridgehead atoms. The minimum Gasteiger partial charge on any atom is -0.332 e. The van der Waals surface area contributed by atoms with Crippen LogP contribution < -0.4 is 5.32 Å². The quantitative estimate of drug-likeness (QED) is 0.686. The van der Waals surface area contributed by atoms with E-state index in [1.807, 2.05) is 0 Å². The van der Waals surface area contributed by atoms with Gasteiger partial charge in [-0.25, -0.2) is 0 Å². The third-order valence-corrected chi connectivity index (χ3v) is 3.49. The zero-order valence-electron chi connectivity index (χ0n) is 10.6. The molecule has 2 aliphatic heterocycles. The number of rotatable bonds is 3. The van der Waals surface area contributed by atoms with Crippen molar-refractivity contribution in [1.82, 2.24) is 15.1 Å². The largest absolute Gasteiger partial charge is 0.332 e. The van der Waals surface area contributed by atoms with Gasteiger partial charge in [0.05, 0.1) is 6.04 Å². The van der Waals surface area contributed by atoms with Crippen molar-refractivity contribution >= 4 is 11.8 Å². The van der Waals surface area contributed by atoms with Gasteiger partial charge in [0.25, 0.3) is 0 Å². The average molecular weight is 239 g/mol. The van der Waals surface area contributed by atoms with E-state index in [4.69, 9.17) is 0 Å². The van der Waals surface area contributed by atoms with Gasteiger partial charge in [0.1, 0.15) is 0 Å². The number of fused-ring (bicyclic) bond motifs is 1. The second-order valence-electron chi connectivity index (χ2n) is 5.29. The van der Waals surface area contributed by atoms with Crippen LogP contribution in [0.2, 0.25) is 0 Å². The molecule has 0 aromatic heterocycles. The number of carbonyl (C=O) groups excluding carboxylic acids is 2. The molecule has 5 heteroatoms. The number of nitrogens with one attached hydrogen (secondary N) is 1. The molecule has 2 fully saturated rings. The summed E-state index contributed by atoms with van der Waals surface area (Å²) in [5, 5.41) is 3.27. The Morgan fingerprint density at radius 3 is 2.82 bits per heavy atom. The summed E-state index contributed by atoms with van der Waals surface area (Å²) in [7, 11) is 0. The van der Waals surface area contributed by atoms with Gasteiger partial charge in [-0.05, 0) is 12.3 Å². The number of piperazine rings is 2. The van der Waals surface area contributed by atoms with Crippen LogP contribution in [-0.4, -0.2) is 60.4 Å². The van der Waals surface area contributed by atoms with Crippen molar-refractivity contribution in [1.29, 1.82) is 0 Å². The van der Waals surface area contributed by atoms with E-state index in [0.29, 0.717) is 25.6 Å². The smallest absolute Gasteiger partial charge is 0.312 e. The van der Waals surface area contributed by atoms with E-state index in [2.05, 4.69) is 19.2 Å². The first-order valence-corrected chi connectivity index (χ1v) is 6.40. The second-order valence-corrected chi connectivity index (χ2v) is 5.29. The first-order valence-electron chi connectivity index (χ1n) is 6.40. The zero-order valence-corrected chi connectivity index (χ0v) is 10.6. The summed E-state index contributed by atoms with van der Waals surface area (Å²) in [6.45, 7) is 7.90. The van der Waals surface area contributed by atoms with Gasteiger partial charge in [-0.3, -0.25) is 9.59 Å². The maximum Gasteiger partial charge on any atom is 0.312 e. The Hall–Kier alpha value is -1.10. The molecule has 2 amide bonds. The average Bonchev–Trinajstić information content (AvgIpc) is 2.32. The van der Waals surface area contributed by atoms with Crippen LogP contribution in [-0.2, 0) is 9.59 Å². The SMILES string of the molecule is CC(C)CCN1CC2CNCCN2C(=O)C1=O. The van der Waals surface area contributed by atoms with Crippen LogP contribution in [0.3, 0.4) is 0 Å². The van der Waals surface area contributed by atoms with Crippen LogP contribution in [0, 0.1) is 5.92 Å². The number of carbonyl (C=O) groups is 2. The van der Waals surface area contributed by atoms with Crippen molar-refractivity contribution in [2.75, 3.05) is 32.7 Å². The molecule has 0 spiro atoms. The van der Waals surface area contributed by atoms with Gasteiger partial charge in [-0.1, -0.05) is 13.8 Å². The number of nitrogens with zero attached hydrogens (tertiary/aromatic N) is 2. The van der Waals surface area contributed by atoms with Gasteiger partial charge >= 0.3 is 11.8 Å². The van der Waals surface area contributed by atoms with Gasteiger partial charge in [0.15, 0.2) is 0 Å². The van der Waals surface area contributed by atoms with E-state index >= 15 is 0 Å². The fourth-order valence-electron chi connectivity index (χ4n) is 2.39. The normalized spacial score (nSPS) is 25.5. The fourth-order valence-corrected chi connectivity index (χ4v) is 2.39. The van der Waals surface area contributed by atoms with Gasteiger partial charge in [0.2, 0.25) is 0 Å². The van der Waals surface area contributed by atoms with Crippen LogP contribution in [0.4, 0.5) is 0 Å². The molecule has 96 valence electrons. The number of amides is 2. The first kappa shape index (κ1) is 12.4. The minimum atomic E-state index is -0.316. The molecule has 2 heterocycles. The fraction of sp³-hybridized carbons (Fsp3) is 0.833. The van der Waals surface area contributed by atoms with E-state index in [9.17, 15) is 9.59 Å². The van der Waals surface area contributed by atoms with Gasteiger partial charge in [-0.2, -0.15) is 0 Å². The van der Waals surface area contributed by atoms with E-state index in [1.165, 1.54) is 0 Å². The van der Waals surface area contributed by atoms with Crippen LogP contribution in [0.25, 0.3) is 0 Å². The summed E-state index contributed by atoms with van der Waals surface area (Å²) in [6, 6.07) is 0.168. The molecule has 2 saturated heterocycles. The molecule has 1 atom stereocenters. The highest BCUT2D eigenvalue weighted by atomic mass is 16.2. The summed E-state index contributed by atoms with van der Waals surface area (Å²) < 4.78 is 0. The highest BCUT2D eigenvalue weighted by Gasteiger charge is 2.39. The van der Waals surface area contributed by atoms with Crippen molar-refractivity contribution in [3.05, 3.63) is 0 Å². The topological polar surface area (TPSA) is 52.6 Å². The zero-order chi connectivity index (χ0) is 12.4. The molecular weight excluding hydrogens is 218 g/mol. The highest BCUT2D eigenvalue weighted by Crippen LogP contribution is 2.15. The lowest BCUT2D eigenvalue weighted by Crippen LogP contribution is -2.65. The Morgan fingerprint density at radius 1 is 1.35 bits per heavy atom. The van der Waals surface area contributed by atoms with Crippen LogP contribution >= 0.6 is 0 Å². The third kappa shape index (κ3) is 2.60. The summed E-state index contributed by atoms with van der Waals surface area (Å²) in [5.41, 5.74) is 0. The maximum atomic E-state index is 11.9. The lowest BCUT2D eigenvalue weighted by molar-refractivity contribution is -0.159. The molecule has 1 N–H and O–H groups in total. The number of hydrogen-bond donors (Lipinski definition) is 1. The Kier molecular flexibility index (Phi) is 3.66. The minimum absolute atomic E-state index is 0.168. The molecule has 0 aromatic carbocycles. The molecule has 1 unspecified atom stereocenters. The molecular formula is C12H21N3O2. The molecule has 0 radical (unpaired) electrons. The third-order valence-electron chi connectivity index (χ3n) is 3.49. The summed E-state index contributed by atoms with van der Waals surface area (Å²) in [4.78, 5) is 27.3. The van der Waals surface area contributed by atoms with Gasteiger partial charge in [0, 0.05) is 32.7 Å². The number of hydrogen-bond acceptors (Lipinski definition) is 3. The van der Waals surface area contributed by atoms with Crippen LogP contribution in [0.1, 0.15) is 20.3 Å². The predicted octanol–water partition coefficient (Wildman–Crippen LogP) is -0.325. The molecule has 17 heavy (non-hydrogen) atoms. The van der Waals surface area contributed by atoms with E-state index in [-0.39, 0.29) is 17.9 Å².